The fraction of sp³-hybridized carbons (Fsp3) is 1.00. The Morgan fingerprint density at radius 3 is 1.36 bits per heavy atom. The molecule has 0 bridgehead atoms. The molecule has 0 amide bonds. The van der Waals surface area contributed by atoms with E-state index < -0.39 is 0 Å². The molecule has 1 heteroatoms. The molecule has 0 rings (SSSR count). The fourth-order valence-electron chi connectivity index (χ4n) is 0.677. The smallest absolute Gasteiger partial charge is 0.00804 e. The van der Waals surface area contributed by atoms with Crippen LogP contribution in [0.3, 0.4) is 0 Å². The molecule has 0 spiro atoms. The average Bonchev–Trinajstić information content (AvgIpc) is 2.06. The summed E-state index contributed by atoms with van der Waals surface area (Å²) in [5, 5.41) is 2.93. The molecule has 1 N–H and O–H groups in total. The zero-order chi connectivity index (χ0) is 8.95. The van der Waals surface area contributed by atoms with Crippen molar-refractivity contribution in [3.05, 3.63) is 0 Å². The third-order valence-electron chi connectivity index (χ3n) is 1.56. The van der Waals surface area contributed by atoms with Gasteiger partial charge in [-0.25, -0.2) is 0 Å². The van der Waals surface area contributed by atoms with Crippen molar-refractivity contribution in [2.75, 3.05) is 13.6 Å². The predicted molar refractivity (Wildman–Crippen MR) is 54.0 cm³/mol. The molecule has 0 saturated heterocycles. The van der Waals surface area contributed by atoms with E-state index in [9.17, 15) is 0 Å². The van der Waals surface area contributed by atoms with Gasteiger partial charge in [0.15, 0.2) is 0 Å². The summed E-state index contributed by atoms with van der Waals surface area (Å²) in [6, 6.07) is 0. The predicted octanol–water partition coefficient (Wildman–Crippen LogP) is 3.20. The van der Waals surface area contributed by atoms with E-state index in [-0.39, 0.29) is 0 Å². The van der Waals surface area contributed by atoms with Gasteiger partial charge in [0.25, 0.3) is 0 Å². The molecule has 0 aromatic heterocycles. The highest BCUT2D eigenvalue weighted by molar-refractivity contribution is 4.35. The van der Waals surface area contributed by atoms with Crippen molar-refractivity contribution in [2.45, 2.75) is 52.9 Å². The standard InChI is InChI=1S/C7H16.C3H9N/c1-3-5-7-6-4-2;1-3-4-2/h3-7H2,1-2H3;4H,3H2,1-2H3. The van der Waals surface area contributed by atoms with Crippen LogP contribution in [0.15, 0.2) is 0 Å². The molecule has 11 heavy (non-hydrogen) atoms. The first-order chi connectivity index (χ1) is 5.33. The van der Waals surface area contributed by atoms with E-state index >= 15 is 0 Å². The van der Waals surface area contributed by atoms with Crippen LogP contribution in [0.1, 0.15) is 52.9 Å². The Kier molecular flexibility index (Phi) is 20.3. The molecule has 0 aromatic rings. The normalized spacial score (nSPS) is 8.73. The zero-order valence-electron chi connectivity index (χ0n) is 8.74. The molecule has 0 heterocycles. The Hall–Kier alpha value is -0.0400. The molecule has 0 radical (unpaired) electrons. The Bertz CT molecular complexity index is 38.1. The summed E-state index contributed by atoms with van der Waals surface area (Å²) in [5.41, 5.74) is 0. The molecule has 0 aliphatic carbocycles. The Morgan fingerprint density at radius 2 is 1.18 bits per heavy atom. The van der Waals surface area contributed by atoms with E-state index in [0.29, 0.717) is 0 Å². The molecule has 0 aliphatic rings. The molecule has 0 unspecified atom stereocenters. The van der Waals surface area contributed by atoms with Gasteiger partial charge in [0.2, 0.25) is 0 Å². The van der Waals surface area contributed by atoms with Crippen molar-refractivity contribution in [1.82, 2.24) is 5.32 Å². The van der Waals surface area contributed by atoms with Gasteiger partial charge in [0.1, 0.15) is 0 Å². The van der Waals surface area contributed by atoms with Crippen molar-refractivity contribution >= 4 is 0 Å². The first-order valence-corrected chi connectivity index (χ1v) is 4.97. The van der Waals surface area contributed by atoms with Crippen LogP contribution in [0, 0.1) is 0 Å². The molecular weight excluding hydrogens is 134 g/mol. The van der Waals surface area contributed by atoms with Gasteiger partial charge in [-0.15, -0.1) is 0 Å². The second-order valence-electron chi connectivity index (χ2n) is 2.77. The molecular formula is C10H25N. The van der Waals surface area contributed by atoms with E-state index in [1.165, 1.54) is 32.1 Å². The van der Waals surface area contributed by atoms with Crippen molar-refractivity contribution < 1.29 is 0 Å². The molecule has 0 aliphatic heterocycles. The molecule has 0 saturated carbocycles. The SMILES string of the molecule is CCCCCCC.CCNC. The van der Waals surface area contributed by atoms with Crippen LogP contribution in [0.2, 0.25) is 0 Å². The maximum atomic E-state index is 2.93. The summed E-state index contributed by atoms with van der Waals surface area (Å²) in [6.07, 6.45) is 7.01. The van der Waals surface area contributed by atoms with Crippen LogP contribution in [-0.4, -0.2) is 13.6 Å². The molecule has 0 aromatic carbocycles. The lowest BCUT2D eigenvalue weighted by atomic mass is 10.2. The molecule has 0 fully saturated rings. The number of rotatable bonds is 5. The van der Waals surface area contributed by atoms with E-state index in [4.69, 9.17) is 0 Å². The van der Waals surface area contributed by atoms with Crippen molar-refractivity contribution in [2.24, 2.45) is 0 Å². The summed E-state index contributed by atoms with van der Waals surface area (Å²) in [4.78, 5) is 0. The van der Waals surface area contributed by atoms with E-state index in [1.807, 2.05) is 7.05 Å². The largest absolute Gasteiger partial charge is 0.320 e. The lowest BCUT2D eigenvalue weighted by Crippen LogP contribution is -2.01. The lowest BCUT2D eigenvalue weighted by Gasteiger charge is -1.90. The first kappa shape index (κ1) is 13.5. The number of unbranched alkanes of at least 4 members (excludes halogenated alkanes) is 4. The number of hydrogen-bond donors (Lipinski definition) is 1. The van der Waals surface area contributed by atoms with Gasteiger partial charge in [-0.2, -0.15) is 0 Å². The second-order valence-corrected chi connectivity index (χ2v) is 2.77. The average molecular weight is 159 g/mol. The van der Waals surface area contributed by atoms with Gasteiger partial charge in [-0.1, -0.05) is 52.9 Å². The van der Waals surface area contributed by atoms with Crippen LogP contribution in [0.5, 0.6) is 0 Å². The second kappa shape index (κ2) is 16.5. The Morgan fingerprint density at radius 1 is 0.818 bits per heavy atom. The summed E-state index contributed by atoms with van der Waals surface area (Å²) >= 11 is 0. The van der Waals surface area contributed by atoms with Crippen LogP contribution >= 0.6 is 0 Å². The first-order valence-electron chi connectivity index (χ1n) is 4.97. The molecule has 70 valence electrons. The quantitative estimate of drug-likeness (QED) is 0.607. The number of hydrogen-bond acceptors (Lipinski definition) is 1. The van der Waals surface area contributed by atoms with Crippen LogP contribution in [0.4, 0.5) is 0 Å². The van der Waals surface area contributed by atoms with Gasteiger partial charge in [-0.05, 0) is 13.6 Å². The maximum absolute atomic E-state index is 2.93. The van der Waals surface area contributed by atoms with E-state index in [0.717, 1.165) is 6.54 Å². The van der Waals surface area contributed by atoms with Crippen molar-refractivity contribution in [1.29, 1.82) is 0 Å². The van der Waals surface area contributed by atoms with Crippen molar-refractivity contribution in [3.8, 4) is 0 Å². The highest BCUT2D eigenvalue weighted by Crippen LogP contribution is 2.00. The maximum Gasteiger partial charge on any atom is -0.00804 e. The summed E-state index contributed by atoms with van der Waals surface area (Å²) in [6.45, 7) is 7.63. The van der Waals surface area contributed by atoms with E-state index in [2.05, 4.69) is 26.1 Å². The lowest BCUT2D eigenvalue weighted by molar-refractivity contribution is 0.656. The Labute approximate surface area is 72.6 Å². The fourth-order valence-corrected chi connectivity index (χ4v) is 0.677. The highest BCUT2D eigenvalue weighted by atomic mass is 14.8. The number of nitrogens with one attached hydrogen (secondary N) is 1. The van der Waals surface area contributed by atoms with Crippen molar-refractivity contribution in [3.63, 3.8) is 0 Å². The minimum Gasteiger partial charge on any atom is -0.320 e. The Balaban J connectivity index is 0. The highest BCUT2D eigenvalue weighted by Gasteiger charge is 1.80. The minimum absolute atomic E-state index is 1.07. The summed E-state index contributed by atoms with van der Waals surface area (Å²) in [5.74, 6) is 0. The summed E-state index contributed by atoms with van der Waals surface area (Å²) in [7, 11) is 1.93. The summed E-state index contributed by atoms with van der Waals surface area (Å²) < 4.78 is 0. The molecule has 1 nitrogen and oxygen atoms in total. The third-order valence-corrected chi connectivity index (χ3v) is 1.56. The third kappa shape index (κ3) is 25.7. The van der Waals surface area contributed by atoms with Gasteiger partial charge in [0.05, 0.1) is 0 Å². The van der Waals surface area contributed by atoms with Gasteiger partial charge in [-0.3, -0.25) is 0 Å². The van der Waals surface area contributed by atoms with Gasteiger partial charge >= 0.3 is 0 Å². The monoisotopic (exact) mass is 159 g/mol. The zero-order valence-corrected chi connectivity index (χ0v) is 8.74. The minimum atomic E-state index is 1.07. The topological polar surface area (TPSA) is 12.0 Å². The van der Waals surface area contributed by atoms with Gasteiger partial charge < -0.3 is 5.32 Å². The molecule has 0 atom stereocenters. The van der Waals surface area contributed by atoms with Crippen LogP contribution in [-0.2, 0) is 0 Å². The van der Waals surface area contributed by atoms with Crippen LogP contribution < -0.4 is 5.32 Å². The van der Waals surface area contributed by atoms with E-state index in [1.54, 1.807) is 0 Å². The van der Waals surface area contributed by atoms with Crippen LogP contribution in [0.25, 0.3) is 0 Å². The van der Waals surface area contributed by atoms with Gasteiger partial charge in [0, 0.05) is 0 Å².